The van der Waals surface area contributed by atoms with Gasteiger partial charge in [0.2, 0.25) is 0 Å². The number of nitrogens with two attached hydrogens (primary N) is 1. The van der Waals surface area contributed by atoms with Crippen molar-refractivity contribution in [1.82, 2.24) is 0 Å². The van der Waals surface area contributed by atoms with Crippen molar-refractivity contribution in [2.24, 2.45) is 5.73 Å². The summed E-state index contributed by atoms with van der Waals surface area (Å²) in [6.45, 7) is 0. The van der Waals surface area contributed by atoms with E-state index in [2.05, 4.69) is 5.32 Å². The number of benzene rings is 1. The Kier molecular flexibility index (Phi) is 2.86. The fraction of sp³-hybridized carbons (Fsp3) is 0.455. The molecule has 0 aliphatic heterocycles. The molecule has 15 heavy (non-hydrogen) atoms. The highest BCUT2D eigenvalue weighted by Crippen LogP contribution is 2.23. The number of nitrogens with one attached hydrogen (secondary N) is 1. The molecule has 1 saturated carbocycles. The lowest BCUT2D eigenvalue weighted by Gasteiger charge is -2.14. The molecule has 1 aromatic carbocycles. The number of hydrogen-bond acceptors (Lipinski definition) is 2. The van der Waals surface area contributed by atoms with Gasteiger partial charge in [0.05, 0.1) is 5.69 Å². The standard InChI is InChI=1S/C11H14F2N2/c12-7-1-4-10(13)11(5-7)15-9-3-2-8(14)6-9/h1,4-5,8-9,15H,2-3,6,14H2. The largest absolute Gasteiger partial charge is 0.380 e. The topological polar surface area (TPSA) is 38.0 Å². The fourth-order valence-corrected chi connectivity index (χ4v) is 1.98. The first kappa shape index (κ1) is 10.4. The Morgan fingerprint density at radius 2 is 2.07 bits per heavy atom. The first-order chi connectivity index (χ1) is 7.15. The van der Waals surface area contributed by atoms with Crippen LogP contribution in [0.2, 0.25) is 0 Å². The Morgan fingerprint density at radius 1 is 1.27 bits per heavy atom. The van der Waals surface area contributed by atoms with Crippen LogP contribution < -0.4 is 11.1 Å². The van der Waals surface area contributed by atoms with Gasteiger partial charge < -0.3 is 11.1 Å². The third-order valence-electron chi connectivity index (χ3n) is 2.76. The highest BCUT2D eigenvalue weighted by atomic mass is 19.1. The molecule has 1 aliphatic carbocycles. The van der Waals surface area contributed by atoms with E-state index in [1.165, 1.54) is 6.07 Å². The average Bonchev–Trinajstić information content (AvgIpc) is 2.58. The van der Waals surface area contributed by atoms with Gasteiger partial charge in [-0.15, -0.1) is 0 Å². The summed E-state index contributed by atoms with van der Waals surface area (Å²) in [7, 11) is 0. The summed E-state index contributed by atoms with van der Waals surface area (Å²) >= 11 is 0. The summed E-state index contributed by atoms with van der Waals surface area (Å²) < 4.78 is 26.1. The molecule has 0 bridgehead atoms. The van der Waals surface area contributed by atoms with Crippen molar-refractivity contribution >= 4 is 5.69 Å². The number of hydrogen-bond donors (Lipinski definition) is 2. The molecule has 2 atom stereocenters. The van der Waals surface area contributed by atoms with Crippen LogP contribution in [0.25, 0.3) is 0 Å². The first-order valence-electron chi connectivity index (χ1n) is 5.12. The van der Waals surface area contributed by atoms with E-state index in [1.54, 1.807) is 0 Å². The molecule has 0 saturated heterocycles. The molecule has 3 N–H and O–H groups in total. The van der Waals surface area contributed by atoms with E-state index in [0.29, 0.717) is 0 Å². The second kappa shape index (κ2) is 4.14. The van der Waals surface area contributed by atoms with Crippen molar-refractivity contribution in [2.45, 2.75) is 31.3 Å². The summed E-state index contributed by atoms with van der Waals surface area (Å²) in [5.41, 5.74) is 5.97. The van der Waals surface area contributed by atoms with Crippen molar-refractivity contribution in [3.05, 3.63) is 29.8 Å². The molecule has 1 fully saturated rings. The predicted molar refractivity (Wildman–Crippen MR) is 55.6 cm³/mol. The van der Waals surface area contributed by atoms with Crippen molar-refractivity contribution in [1.29, 1.82) is 0 Å². The molecule has 2 nitrogen and oxygen atoms in total. The normalized spacial score (nSPS) is 25.5. The Labute approximate surface area is 87.5 Å². The number of anilines is 1. The predicted octanol–water partition coefficient (Wildman–Crippen LogP) is 2.26. The van der Waals surface area contributed by atoms with E-state index < -0.39 is 11.6 Å². The summed E-state index contributed by atoms with van der Waals surface area (Å²) in [5, 5.41) is 2.99. The quantitative estimate of drug-likeness (QED) is 0.789. The Hall–Kier alpha value is -1.16. The lowest BCUT2D eigenvalue weighted by atomic mass is 10.2. The van der Waals surface area contributed by atoms with E-state index in [1.807, 2.05) is 0 Å². The van der Waals surface area contributed by atoms with Crippen LogP contribution in [-0.4, -0.2) is 12.1 Å². The van der Waals surface area contributed by atoms with Gasteiger partial charge in [-0.3, -0.25) is 0 Å². The Morgan fingerprint density at radius 3 is 2.73 bits per heavy atom. The van der Waals surface area contributed by atoms with Crippen molar-refractivity contribution in [3.63, 3.8) is 0 Å². The molecule has 0 spiro atoms. The van der Waals surface area contributed by atoms with Crippen molar-refractivity contribution < 1.29 is 8.78 Å². The molecular weight excluding hydrogens is 198 g/mol. The molecule has 1 aromatic rings. The van der Waals surface area contributed by atoms with Crippen LogP contribution in [0.1, 0.15) is 19.3 Å². The van der Waals surface area contributed by atoms with E-state index in [4.69, 9.17) is 5.73 Å². The van der Waals surface area contributed by atoms with Crippen LogP contribution in [0.3, 0.4) is 0 Å². The minimum absolute atomic E-state index is 0.163. The Balaban J connectivity index is 2.07. The van der Waals surface area contributed by atoms with Gasteiger partial charge >= 0.3 is 0 Å². The molecular formula is C11H14F2N2. The van der Waals surface area contributed by atoms with Gasteiger partial charge in [-0.25, -0.2) is 8.78 Å². The minimum Gasteiger partial charge on any atom is -0.380 e. The zero-order valence-electron chi connectivity index (χ0n) is 8.34. The van der Waals surface area contributed by atoms with Crippen LogP contribution in [0, 0.1) is 11.6 Å². The third-order valence-corrected chi connectivity index (χ3v) is 2.76. The van der Waals surface area contributed by atoms with Crippen LogP contribution in [-0.2, 0) is 0 Å². The van der Waals surface area contributed by atoms with Crippen LogP contribution in [0.4, 0.5) is 14.5 Å². The zero-order chi connectivity index (χ0) is 10.8. The maximum atomic E-state index is 13.3. The number of rotatable bonds is 2. The highest BCUT2D eigenvalue weighted by molar-refractivity contribution is 5.45. The maximum Gasteiger partial charge on any atom is 0.146 e. The lowest BCUT2D eigenvalue weighted by Crippen LogP contribution is -2.21. The van der Waals surface area contributed by atoms with Crippen LogP contribution >= 0.6 is 0 Å². The molecule has 2 unspecified atom stereocenters. The summed E-state index contributed by atoms with van der Waals surface area (Å²) in [4.78, 5) is 0. The summed E-state index contributed by atoms with van der Waals surface area (Å²) in [6.07, 6.45) is 2.67. The van der Waals surface area contributed by atoms with E-state index in [0.717, 1.165) is 31.4 Å². The van der Waals surface area contributed by atoms with Gasteiger partial charge in [-0.2, -0.15) is 0 Å². The molecule has 0 radical (unpaired) electrons. The van der Waals surface area contributed by atoms with E-state index in [-0.39, 0.29) is 17.8 Å². The SMILES string of the molecule is NC1CCC(Nc2cc(F)ccc2F)C1. The van der Waals surface area contributed by atoms with Crippen molar-refractivity contribution in [3.8, 4) is 0 Å². The molecule has 0 aromatic heterocycles. The smallest absolute Gasteiger partial charge is 0.146 e. The van der Waals surface area contributed by atoms with Crippen LogP contribution in [0.5, 0.6) is 0 Å². The van der Waals surface area contributed by atoms with Gasteiger partial charge in [-0.05, 0) is 37.5 Å². The molecule has 82 valence electrons. The molecule has 0 amide bonds. The molecule has 4 heteroatoms. The molecule has 2 rings (SSSR count). The average molecular weight is 212 g/mol. The van der Waals surface area contributed by atoms with Gasteiger partial charge in [-0.1, -0.05) is 0 Å². The van der Waals surface area contributed by atoms with Crippen LogP contribution in [0.15, 0.2) is 18.2 Å². The Bertz CT molecular complexity index is 354. The summed E-state index contributed by atoms with van der Waals surface area (Å²) in [5.74, 6) is -0.849. The van der Waals surface area contributed by atoms with Gasteiger partial charge in [0.1, 0.15) is 11.6 Å². The minimum atomic E-state index is -0.429. The van der Waals surface area contributed by atoms with Gasteiger partial charge in [0.15, 0.2) is 0 Å². The second-order valence-corrected chi connectivity index (χ2v) is 4.04. The van der Waals surface area contributed by atoms with Crippen molar-refractivity contribution in [2.75, 3.05) is 5.32 Å². The first-order valence-corrected chi connectivity index (χ1v) is 5.12. The summed E-state index contributed by atoms with van der Waals surface area (Å²) in [6, 6.07) is 3.77. The maximum absolute atomic E-state index is 13.3. The fourth-order valence-electron chi connectivity index (χ4n) is 1.98. The van der Waals surface area contributed by atoms with Gasteiger partial charge in [0.25, 0.3) is 0 Å². The molecule has 1 aliphatic rings. The highest BCUT2D eigenvalue weighted by Gasteiger charge is 2.22. The van der Waals surface area contributed by atoms with Gasteiger partial charge in [0, 0.05) is 12.1 Å². The second-order valence-electron chi connectivity index (χ2n) is 4.04. The van der Waals surface area contributed by atoms with E-state index in [9.17, 15) is 8.78 Å². The number of halogens is 2. The zero-order valence-corrected chi connectivity index (χ0v) is 8.34. The third kappa shape index (κ3) is 2.45. The van der Waals surface area contributed by atoms with E-state index >= 15 is 0 Å². The monoisotopic (exact) mass is 212 g/mol. The molecule has 0 heterocycles. The lowest BCUT2D eigenvalue weighted by molar-refractivity contribution is 0.598.